The van der Waals surface area contributed by atoms with Gasteiger partial charge in [0.1, 0.15) is 5.78 Å². The zero-order chi connectivity index (χ0) is 9.80. The third-order valence-electron chi connectivity index (χ3n) is 3.70. The highest BCUT2D eigenvalue weighted by molar-refractivity contribution is 5.89. The number of hydrogen-bond acceptors (Lipinski definition) is 2. The van der Waals surface area contributed by atoms with Gasteiger partial charge in [0, 0.05) is 23.4 Å². The van der Waals surface area contributed by atoms with Crippen LogP contribution in [0.15, 0.2) is 12.2 Å². The molecule has 0 aromatic rings. The van der Waals surface area contributed by atoms with Gasteiger partial charge in [0.2, 0.25) is 0 Å². The number of piperidine rings is 1. The number of hydrogen-bond donors (Lipinski definition) is 0. The molecule has 2 heterocycles. The molecule has 72 valence electrons. The minimum Gasteiger partial charge on any atom is -0.299 e. The largest absolute Gasteiger partial charge is 0.299 e. The predicted octanol–water partition coefficient (Wildman–Crippen LogP) is 1.47. The van der Waals surface area contributed by atoms with Gasteiger partial charge in [-0.2, -0.15) is 0 Å². The summed E-state index contributed by atoms with van der Waals surface area (Å²) in [5, 5.41) is 0. The fraction of sp³-hybridized carbons (Fsp3) is 0.727. The van der Waals surface area contributed by atoms with Crippen molar-refractivity contribution in [3.05, 3.63) is 12.2 Å². The second kappa shape index (κ2) is 2.44. The molecule has 1 saturated heterocycles. The minimum atomic E-state index is -0.211. The van der Waals surface area contributed by atoms with Gasteiger partial charge in [-0.1, -0.05) is 32.9 Å². The summed E-state index contributed by atoms with van der Waals surface area (Å²) in [4.78, 5) is 14.3. The van der Waals surface area contributed by atoms with Gasteiger partial charge in [-0.3, -0.25) is 9.69 Å². The van der Waals surface area contributed by atoms with Gasteiger partial charge in [-0.15, -0.1) is 0 Å². The second-order valence-corrected chi connectivity index (χ2v) is 4.86. The molecule has 0 unspecified atom stereocenters. The lowest BCUT2D eigenvalue weighted by atomic mass is 9.72. The molecule has 2 heteroatoms. The van der Waals surface area contributed by atoms with Crippen molar-refractivity contribution in [2.24, 2.45) is 11.3 Å². The highest BCUT2D eigenvalue weighted by atomic mass is 16.1. The maximum atomic E-state index is 12.0. The molecule has 0 N–H and O–H groups in total. The molecular weight excluding hydrogens is 162 g/mol. The Balaban J connectivity index is 2.44. The van der Waals surface area contributed by atoms with Crippen LogP contribution in [-0.2, 0) is 4.79 Å². The first-order valence-corrected chi connectivity index (χ1v) is 4.91. The first-order chi connectivity index (χ1) is 5.96. The predicted molar refractivity (Wildman–Crippen MR) is 52.4 cm³/mol. The van der Waals surface area contributed by atoms with E-state index in [0.29, 0.717) is 17.9 Å². The molecule has 0 amide bonds. The molecule has 3 atom stereocenters. The summed E-state index contributed by atoms with van der Waals surface area (Å²) >= 11 is 0. The van der Waals surface area contributed by atoms with Crippen molar-refractivity contribution < 1.29 is 4.79 Å². The number of carbonyl (C=O) groups is 1. The van der Waals surface area contributed by atoms with E-state index in [1.54, 1.807) is 0 Å². The summed E-state index contributed by atoms with van der Waals surface area (Å²) in [5.74, 6) is 0.556. The fourth-order valence-electron chi connectivity index (χ4n) is 2.83. The lowest BCUT2D eigenvalue weighted by molar-refractivity contribution is -0.139. The molecule has 0 aromatic carbocycles. The third kappa shape index (κ3) is 0.953. The summed E-state index contributed by atoms with van der Waals surface area (Å²) in [6.07, 6.45) is 4.37. The van der Waals surface area contributed by atoms with Crippen LogP contribution in [0.4, 0.5) is 0 Å². The molecule has 0 saturated carbocycles. The lowest BCUT2D eigenvalue weighted by Gasteiger charge is -2.45. The van der Waals surface area contributed by atoms with E-state index in [2.05, 4.69) is 37.9 Å². The number of rotatable bonds is 0. The van der Waals surface area contributed by atoms with E-state index in [0.717, 1.165) is 0 Å². The maximum Gasteiger partial charge on any atom is 0.145 e. The molecule has 1 fully saturated rings. The first kappa shape index (κ1) is 8.95. The van der Waals surface area contributed by atoms with Crippen molar-refractivity contribution in [3.8, 4) is 0 Å². The van der Waals surface area contributed by atoms with E-state index in [4.69, 9.17) is 0 Å². The van der Waals surface area contributed by atoms with Crippen molar-refractivity contribution >= 4 is 5.78 Å². The number of nitrogens with zero attached hydrogens (tertiary/aromatic N) is 1. The number of carbonyl (C=O) groups excluding carboxylic acids is 1. The highest BCUT2D eigenvalue weighted by Gasteiger charge is 2.50. The topological polar surface area (TPSA) is 20.3 Å². The summed E-state index contributed by atoms with van der Waals surface area (Å²) < 4.78 is 0. The normalized spacial score (nSPS) is 42.8. The standard InChI is InChI=1S/C11H17NO/c1-7-8-5-6-9(12(8)4)11(2,3)10(7)13/h5-9H,1-4H3/t7-,8+,9-/m1/s1. The molecule has 0 radical (unpaired) electrons. The second-order valence-electron chi connectivity index (χ2n) is 4.86. The zero-order valence-electron chi connectivity index (χ0n) is 8.74. The fourth-order valence-corrected chi connectivity index (χ4v) is 2.83. The Morgan fingerprint density at radius 1 is 1.38 bits per heavy atom. The summed E-state index contributed by atoms with van der Waals surface area (Å²) in [6, 6.07) is 0.645. The quantitative estimate of drug-likeness (QED) is 0.525. The van der Waals surface area contributed by atoms with E-state index in [1.165, 1.54) is 0 Å². The van der Waals surface area contributed by atoms with Crippen LogP contribution in [-0.4, -0.2) is 29.8 Å². The SMILES string of the molecule is C[C@H]1C(=O)C(C)(C)[C@H]2C=C[C@@H]1N2C. The Kier molecular flexibility index (Phi) is 1.68. The maximum absolute atomic E-state index is 12.0. The van der Waals surface area contributed by atoms with Crippen molar-refractivity contribution in [1.82, 2.24) is 4.90 Å². The molecule has 2 bridgehead atoms. The molecule has 2 aliphatic heterocycles. The van der Waals surface area contributed by atoms with Crippen LogP contribution in [0.3, 0.4) is 0 Å². The smallest absolute Gasteiger partial charge is 0.145 e. The Morgan fingerprint density at radius 3 is 2.62 bits per heavy atom. The van der Waals surface area contributed by atoms with Crippen LogP contribution >= 0.6 is 0 Å². The van der Waals surface area contributed by atoms with Gasteiger partial charge in [0.05, 0.1) is 0 Å². The van der Waals surface area contributed by atoms with Crippen LogP contribution in [0.1, 0.15) is 20.8 Å². The minimum absolute atomic E-state index is 0.148. The summed E-state index contributed by atoms with van der Waals surface area (Å²) in [6.45, 7) is 6.15. The Hall–Kier alpha value is -0.630. The third-order valence-corrected chi connectivity index (χ3v) is 3.70. The molecule has 0 aromatic heterocycles. The van der Waals surface area contributed by atoms with Crippen molar-refractivity contribution in [1.29, 1.82) is 0 Å². The van der Waals surface area contributed by atoms with E-state index in [-0.39, 0.29) is 11.3 Å². The zero-order valence-corrected chi connectivity index (χ0v) is 8.74. The van der Waals surface area contributed by atoms with Crippen LogP contribution in [0.2, 0.25) is 0 Å². The van der Waals surface area contributed by atoms with Gasteiger partial charge in [-0.05, 0) is 7.05 Å². The van der Waals surface area contributed by atoms with Gasteiger partial charge in [0.15, 0.2) is 0 Å². The van der Waals surface area contributed by atoms with Crippen molar-refractivity contribution in [2.45, 2.75) is 32.9 Å². The Morgan fingerprint density at radius 2 is 2.00 bits per heavy atom. The molecule has 2 aliphatic rings. The van der Waals surface area contributed by atoms with Crippen molar-refractivity contribution in [3.63, 3.8) is 0 Å². The number of fused-ring (bicyclic) bond motifs is 2. The van der Waals surface area contributed by atoms with Crippen molar-refractivity contribution in [2.75, 3.05) is 7.05 Å². The van der Waals surface area contributed by atoms with E-state index < -0.39 is 0 Å². The van der Waals surface area contributed by atoms with Gasteiger partial charge < -0.3 is 0 Å². The Labute approximate surface area is 79.6 Å². The molecule has 2 rings (SSSR count). The van der Waals surface area contributed by atoms with Gasteiger partial charge in [-0.25, -0.2) is 0 Å². The molecular formula is C11H17NO. The van der Waals surface area contributed by atoms with Gasteiger partial charge >= 0.3 is 0 Å². The first-order valence-electron chi connectivity index (χ1n) is 4.91. The van der Waals surface area contributed by atoms with Crippen LogP contribution in [0.5, 0.6) is 0 Å². The van der Waals surface area contributed by atoms with Crippen LogP contribution in [0.25, 0.3) is 0 Å². The summed E-state index contributed by atoms with van der Waals surface area (Å²) in [5.41, 5.74) is -0.211. The van der Waals surface area contributed by atoms with E-state index in [9.17, 15) is 4.79 Å². The number of likely N-dealkylation sites (N-methyl/N-ethyl adjacent to an activating group) is 1. The highest BCUT2D eigenvalue weighted by Crippen LogP contribution is 2.41. The van der Waals surface area contributed by atoms with Crippen LogP contribution in [0, 0.1) is 11.3 Å². The summed E-state index contributed by atoms with van der Waals surface area (Å²) in [7, 11) is 2.11. The molecule has 0 spiro atoms. The molecule has 13 heavy (non-hydrogen) atoms. The lowest BCUT2D eigenvalue weighted by Crippen LogP contribution is -2.56. The van der Waals surface area contributed by atoms with E-state index >= 15 is 0 Å². The number of ketones is 1. The monoisotopic (exact) mass is 179 g/mol. The molecule has 0 aliphatic carbocycles. The Bertz CT molecular complexity index is 280. The van der Waals surface area contributed by atoms with Gasteiger partial charge in [0.25, 0.3) is 0 Å². The molecule has 2 nitrogen and oxygen atoms in total. The average molecular weight is 179 g/mol. The van der Waals surface area contributed by atoms with E-state index in [1.807, 2.05) is 6.92 Å². The number of Topliss-reactive ketones (excluding diaryl/α,β-unsaturated/α-hetero) is 1. The average Bonchev–Trinajstić information content (AvgIpc) is 2.40. The van der Waals surface area contributed by atoms with Crippen LogP contribution < -0.4 is 0 Å².